The van der Waals surface area contributed by atoms with Crippen molar-refractivity contribution in [3.63, 3.8) is 0 Å². The smallest absolute Gasteiger partial charge is 0.178 e. The number of hydrogen-bond acceptors (Lipinski definition) is 6. The monoisotopic (exact) mass is 419 g/mol. The quantitative estimate of drug-likeness (QED) is 0.613. The lowest BCUT2D eigenvalue weighted by Crippen LogP contribution is -2.38. The molecule has 0 radical (unpaired) electrons. The van der Waals surface area contributed by atoms with Gasteiger partial charge in [0.05, 0.1) is 20.3 Å². The molecule has 5 rings (SSSR count). The van der Waals surface area contributed by atoms with Crippen molar-refractivity contribution in [2.24, 2.45) is 0 Å². The number of tetrazole rings is 1. The molecule has 7 nitrogen and oxygen atoms in total. The van der Waals surface area contributed by atoms with E-state index in [2.05, 4.69) is 61.5 Å². The minimum Gasteiger partial charge on any atom is -0.493 e. The molecule has 1 aliphatic carbocycles. The van der Waals surface area contributed by atoms with Gasteiger partial charge in [0.15, 0.2) is 17.3 Å². The van der Waals surface area contributed by atoms with Gasteiger partial charge < -0.3 is 14.4 Å². The number of fused-ring (bicyclic) bond motifs is 1. The van der Waals surface area contributed by atoms with Gasteiger partial charge in [-0.1, -0.05) is 43.5 Å². The topological polar surface area (TPSA) is 65.3 Å². The van der Waals surface area contributed by atoms with Crippen molar-refractivity contribution in [3.05, 3.63) is 59.4 Å². The first-order chi connectivity index (χ1) is 15.3. The van der Waals surface area contributed by atoms with Crippen molar-refractivity contribution in [2.75, 3.05) is 25.7 Å². The van der Waals surface area contributed by atoms with Crippen LogP contribution in [0.1, 0.15) is 61.1 Å². The lowest BCUT2D eigenvalue weighted by atomic mass is 9.90. The third-order valence-electron chi connectivity index (χ3n) is 6.67. The molecule has 1 fully saturated rings. The molecule has 1 aromatic heterocycles. The Kier molecular flexibility index (Phi) is 5.49. The Morgan fingerprint density at radius 3 is 2.55 bits per heavy atom. The van der Waals surface area contributed by atoms with E-state index in [9.17, 15) is 0 Å². The van der Waals surface area contributed by atoms with Crippen LogP contribution < -0.4 is 14.4 Å². The van der Waals surface area contributed by atoms with Crippen molar-refractivity contribution in [2.45, 2.75) is 50.6 Å². The third-order valence-corrected chi connectivity index (χ3v) is 6.67. The summed E-state index contributed by atoms with van der Waals surface area (Å²) in [7, 11) is 3.34. The van der Waals surface area contributed by atoms with E-state index in [1.165, 1.54) is 30.4 Å². The SMILES string of the molecule is COc1ccc(N2CCc3ccccc3[C@@H]2c2nnnn2C2CCCCC2)cc1OC. The molecule has 2 aliphatic rings. The second kappa shape index (κ2) is 8.57. The number of hydrogen-bond donors (Lipinski definition) is 0. The molecule has 0 saturated heterocycles. The number of benzene rings is 2. The minimum atomic E-state index is -0.0417. The summed E-state index contributed by atoms with van der Waals surface area (Å²) in [5.41, 5.74) is 3.72. The maximum absolute atomic E-state index is 5.58. The highest BCUT2D eigenvalue weighted by Crippen LogP contribution is 2.41. The molecule has 0 spiro atoms. The molecule has 0 unspecified atom stereocenters. The molecule has 7 heteroatoms. The lowest BCUT2D eigenvalue weighted by Gasteiger charge is -2.39. The number of aromatic nitrogens is 4. The summed E-state index contributed by atoms with van der Waals surface area (Å²) in [5, 5.41) is 13.2. The fourth-order valence-electron chi connectivity index (χ4n) is 5.09. The summed E-state index contributed by atoms with van der Waals surface area (Å²) in [5.74, 6) is 2.38. The zero-order valence-electron chi connectivity index (χ0n) is 18.2. The number of methoxy groups -OCH3 is 2. The van der Waals surface area contributed by atoms with E-state index in [1.54, 1.807) is 14.2 Å². The van der Waals surface area contributed by atoms with Gasteiger partial charge >= 0.3 is 0 Å². The first kappa shape index (κ1) is 19.8. The zero-order chi connectivity index (χ0) is 21.2. The molecule has 2 heterocycles. The fourth-order valence-corrected chi connectivity index (χ4v) is 5.09. The Hall–Kier alpha value is -3.09. The summed E-state index contributed by atoms with van der Waals surface area (Å²) in [6, 6.07) is 15.1. The highest BCUT2D eigenvalue weighted by atomic mass is 16.5. The summed E-state index contributed by atoms with van der Waals surface area (Å²) < 4.78 is 13.1. The number of anilines is 1. The van der Waals surface area contributed by atoms with Gasteiger partial charge in [0, 0.05) is 18.3 Å². The number of nitrogens with zero attached hydrogens (tertiary/aromatic N) is 5. The Bertz CT molecular complexity index is 1040. The summed E-state index contributed by atoms with van der Waals surface area (Å²) >= 11 is 0. The van der Waals surface area contributed by atoms with Crippen LogP contribution >= 0.6 is 0 Å². The lowest BCUT2D eigenvalue weighted by molar-refractivity contribution is 0.312. The van der Waals surface area contributed by atoms with Gasteiger partial charge in [-0.15, -0.1) is 5.10 Å². The van der Waals surface area contributed by atoms with E-state index in [0.29, 0.717) is 6.04 Å². The average molecular weight is 420 g/mol. The van der Waals surface area contributed by atoms with Crippen molar-refractivity contribution in [1.82, 2.24) is 20.2 Å². The van der Waals surface area contributed by atoms with E-state index >= 15 is 0 Å². The number of ether oxygens (including phenoxy) is 2. The van der Waals surface area contributed by atoms with E-state index in [0.717, 1.165) is 48.8 Å². The molecule has 2 aromatic carbocycles. The van der Waals surface area contributed by atoms with Crippen LogP contribution in [0.2, 0.25) is 0 Å². The van der Waals surface area contributed by atoms with Crippen LogP contribution in [0.3, 0.4) is 0 Å². The Balaban J connectivity index is 1.61. The largest absolute Gasteiger partial charge is 0.493 e. The normalized spacial score (nSPS) is 19.2. The summed E-state index contributed by atoms with van der Waals surface area (Å²) in [6.07, 6.45) is 7.05. The van der Waals surface area contributed by atoms with Crippen LogP contribution in [0.25, 0.3) is 0 Å². The molecule has 0 N–H and O–H groups in total. The van der Waals surface area contributed by atoms with E-state index in [4.69, 9.17) is 9.47 Å². The zero-order valence-corrected chi connectivity index (χ0v) is 18.2. The molecular weight excluding hydrogens is 390 g/mol. The predicted molar refractivity (Wildman–Crippen MR) is 119 cm³/mol. The van der Waals surface area contributed by atoms with Crippen LogP contribution in [0.4, 0.5) is 5.69 Å². The second-order valence-electron chi connectivity index (χ2n) is 8.36. The highest BCUT2D eigenvalue weighted by molar-refractivity contribution is 5.60. The van der Waals surface area contributed by atoms with Crippen LogP contribution in [0, 0.1) is 0 Å². The Labute approximate surface area is 183 Å². The van der Waals surface area contributed by atoms with E-state index in [1.807, 2.05) is 6.07 Å². The average Bonchev–Trinajstić information content (AvgIpc) is 3.33. The van der Waals surface area contributed by atoms with Gasteiger partial charge in [-0.3, -0.25) is 0 Å². The van der Waals surface area contributed by atoms with Crippen molar-refractivity contribution < 1.29 is 9.47 Å². The molecule has 0 bridgehead atoms. The fraction of sp³-hybridized carbons (Fsp3) is 0.458. The second-order valence-corrected chi connectivity index (χ2v) is 8.36. The van der Waals surface area contributed by atoms with Crippen molar-refractivity contribution in [3.8, 4) is 11.5 Å². The van der Waals surface area contributed by atoms with Crippen LogP contribution in [0.5, 0.6) is 11.5 Å². The molecule has 1 atom stereocenters. The van der Waals surface area contributed by atoms with Gasteiger partial charge in [0.2, 0.25) is 0 Å². The van der Waals surface area contributed by atoms with Crippen LogP contribution in [0.15, 0.2) is 42.5 Å². The maximum atomic E-state index is 5.58. The van der Waals surface area contributed by atoms with Gasteiger partial charge in [-0.25, -0.2) is 4.68 Å². The first-order valence-corrected chi connectivity index (χ1v) is 11.1. The molecule has 3 aromatic rings. The molecule has 1 saturated carbocycles. The van der Waals surface area contributed by atoms with Gasteiger partial charge in [0.1, 0.15) is 6.04 Å². The Morgan fingerprint density at radius 1 is 0.935 bits per heavy atom. The van der Waals surface area contributed by atoms with Crippen LogP contribution in [-0.4, -0.2) is 41.0 Å². The molecule has 31 heavy (non-hydrogen) atoms. The van der Waals surface area contributed by atoms with E-state index < -0.39 is 0 Å². The van der Waals surface area contributed by atoms with Crippen LogP contribution in [-0.2, 0) is 6.42 Å². The summed E-state index contributed by atoms with van der Waals surface area (Å²) in [6.45, 7) is 0.884. The van der Waals surface area contributed by atoms with Crippen molar-refractivity contribution >= 4 is 5.69 Å². The van der Waals surface area contributed by atoms with E-state index in [-0.39, 0.29) is 6.04 Å². The molecule has 162 valence electrons. The Morgan fingerprint density at radius 2 is 1.74 bits per heavy atom. The highest BCUT2D eigenvalue weighted by Gasteiger charge is 2.35. The first-order valence-electron chi connectivity index (χ1n) is 11.1. The standard InChI is InChI=1S/C24H29N5O2/c1-30-21-13-12-19(16-22(21)31-2)28-15-14-17-8-6-7-11-20(17)23(28)24-25-26-27-29(24)18-9-4-3-5-10-18/h6-8,11-13,16,18,23H,3-5,9-10,14-15H2,1-2H3/t23-/m1/s1. The van der Waals surface area contributed by atoms with Crippen molar-refractivity contribution in [1.29, 1.82) is 0 Å². The molecule has 1 aliphatic heterocycles. The maximum Gasteiger partial charge on any atom is 0.178 e. The third kappa shape index (κ3) is 3.62. The minimum absolute atomic E-state index is 0.0417. The van der Waals surface area contributed by atoms with Gasteiger partial charge in [-0.2, -0.15) is 0 Å². The summed E-state index contributed by atoms with van der Waals surface area (Å²) in [4.78, 5) is 2.40. The molecule has 0 amide bonds. The predicted octanol–water partition coefficient (Wildman–Crippen LogP) is 4.35. The molecular formula is C24H29N5O2. The van der Waals surface area contributed by atoms with Gasteiger partial charge in [-0.05, 0) is 52.9 Å². The van der Waals surface area contributed by atoms with Gasteiger partial charge in [0.25, 0.3) is 0 Å². The number of rotatable bonds is 5.